The highest BCUT2D eigenvalue weighted by molar-refractivity contribution is 9.10. The van der Waals surface area contributed by atoms with E-state index in [0.717, 1.165) is 29.8 Å². The van der Waals surface area contributed by atoms with Crippen molar-refractivity contribution < 1.29 is 0 Å². The smallest absolute Gasteiger partial charge is 0.143 e. The molecule has 0 radical (unpaired) electrons. The van der Waals surface area contributed by atoms with E-state index in [1.165, 1.54) is 5.57 Å². The van der Waals surface area contributed by atoms with Gasteiger partial charge in [0.05, 0.1) is 4.47 Å². The SMILES string of the molecule is CC1=CCN(c2ncccc2Br)CC1. The van der Waals surface area contributed by atoms with E-state index >= 15 is 0 Å². The van der Waals surface area contributed by atoms with Crippen LogP contribution in [-0.2, 0) is 0 Å². The van der Waals surface area contributed by atoms with E-state index in [9.17, 15) is 0 Å². The highest BCUT2D eigenvalue weighted by Crippen LogP contribution is 2.25. The number of halogens is 1. The topological polar surface area (TPSA) is 16.1 Å². The minimum atomic E-state index is 0.974. The molecule has 0 aromatic carbocycles. The van der Waals surface area contributed by atoms with Crippen molar-refractivity contribution >= 4 is 21.7 Å². The molecule has 14 heavy (non-hydrogen) atoms. The highest BCUT2D eigenvalue weighted by atomic mass is 79.9. The van der Waals surface area contributed by atoms with Crippen LogP contribution in [0.15, 0.2) is 34.5 Å². The van der Waals surface area contributed by atoms with Gasteiger partial charge in [-0.1, -0.05) is 11.6 Å². The van der Waals surface area contributed by atoms with Crippen LogP contribution in [0.4, 0.5) is 5.82 Å². The van der Waals surface area contributed by atoms with Gasteiger partial charge in [0.1, 0.15) is 5.82 Å². The van der Waals surface area contributed by atoms with Gasteiger partial charge in [-0.3, -0.25) is 0 Å². The maximum absolute atomic E-state index is 4.38. The summed E-state index contributed by atoms with van der Waals surface area (Å²) in [5, 5.41) is 0. The Labute approximate surface area is 92.8 Å². The minimum absolute atomic E-state index is 0.974. The zero-order valence-electron chi connectivity index (χ0n) is 8.20. The minimum Gasteiger partial charge on any atom is -0.352 e. The van der Waals surface area contributed by atoms with E-state index in [1.807, 2.05) is 18.3 Å². The quantitative estimate of drug-likeness (QED) is 0.715. The van der Waals surface area contributed by atoms with Gasteiger partial charge >= 0.3 is 0 Å². The summed E-state index contributed by atoms with van der Waals surface area (Å²) in [7, 11) is 0. The molecule has 1 aromatic heterocycles. The fourth-order valence-electron chi connectivity index (χ4n) is 1.57. The largest absolute Gasteiger partial charge is 0.352 e. The molecule has 1 aromatic rings. The maximum atomic E-state index is 4.38. The maximum Gasteiger partial charge on any atom is 0.143 e. The third-order valence-electron chi connectivity index (χ3n) is 2.47. The van der Waals surface area contributed by atoms with Crippen LogP contribution in [0.5, 0.6) is 0 Å². The normalized spacial score (nSPS) is 16.7. The fraction of sp³-hybridized carbons (Fsp3) is 0.364. The molecule has 1 aliphatic heterocycles. The van der Waals surface area contributed by atoms with Gasteiger partial charge in [0.2, 0.25) is 0 Å². The molecule has 2 rings (SSSR count). The van der Waals surface area contributed by atoms with Gasteiger partial charge in [-0.05, 0) is 41.4 Å². The number of rotatable bonds is 1. The Hall–Kier alpha value is -0.830. The molecule has 0 saturated carbocycles. The lowest BCUT2D eigenvalue weighted by atomic mass is 10.1. The molecule has 1 aliphatic rings. The van der Waals surface area contributed by atoms with Gasteiger partial charge in [0.15, 0.2) is 0 Å². The molecule has 2 heterocycles. The summed E-state index contributed by atoms with van der Waals surface area (Å²) in [6.45, 7) is 4.23. The van der Waals surface area contributed by atoms with Gasteiger partial charge in [-0.25, -0.2) is 4.98 Å². The molecule has 0 bridgehead atoms. The second-order valence-corrected chi connectivity index (χ2v) is 4.41. The van der Waals surface area contributed by atoms with E-state index in [-0.39, 0.29) is 0 Å². The third-order valence-corrected chi connectivity index (χ3v) is 3.09. The zero-order chi connectivity index (χ0) is 9.97. The van der Waals surface area contributed by atoms with Crippen LogP contribution in [0, 0.1) is 0 Å². The molecular formula is C11H13BrN2. The average Bonchev–Trinajstić information content (AvgIpc) is 2.20. The van der Waals surface area contributed by atoms with Gasteiger partial charge < -0.3 is 4.90 Å². The van der Waals surface area contributed by atoms with Crippen molar-refractivity contribution in [1.82, 2.24) is 4.98 Å². The van der Waals surface area contributed by atoms with Crippen molar-refractivity contribution in [1.29, 1.82) is 0 Å². The van der Waals surface area contributed by atoms with Gasteiger partial charge in [0.25, 0.3) is 0 Å². The molecule has 3 heteroatoms. The first kappa shape index (κ1) is 9.71. The van der Waals surface area contributed by atoms with E-state index in [4.69, 9.17) is 0 Å². The summed E-state index contributed by atoms with van der Waals surface area (Å²) < 4.78 is 1.08. The van der Waals surface area contributed by atoms with E-state index < -0.39 is 0 Å². The molecular weight excluding hydrogens is 240 g/mol. The predicted octanol–water partition coefficient (Wildman–Crippen LogP) is 3.00. The van der Waals surface area contributed by atoms with Crippen molar-refractivity contribution in [2.24, 2.45) is 0 Å². The first-order valence-electron chi connectivity index (χ1n) is 4.78. The number of hydrogen-bond acceptors (Lipinski definition) is 2. The lowest BCUT2D eigenvalue weighted by Gasteiger charge is -2.27. The first-order chi connectivity index (χ1) is 6.77. The van der Waals surface area contributed by atoms with E-state index in [0.29, 0.717) is 0 Å². The predicted molar refractivity (Wildman–Crippen MR) is 62.5 cm³/mol. The van der Waals surface area contributed by atoms with Crippen molar-refractivity contribution in [3.05, 3.63) is 34.5 Å². The summed E-state index contributed by atoms with van der Waals surface area (Å²) in [4.78, 5) is 6.67. The van der Waals surface area contributed by atoms with Gasteiger partial charge in [-0.2, -0.15) is 0 Å². The van der Waals surface area contributed by atoms with E-state index in [2.05, 4.69) is 38.8 Å². The molecule has 0 fully saturated rings. The van der Waals surface area contributed by atoms with Crippen LogP contribution in [0.1, 0.15) is 13.3 Å². The standard InChI is InChI=1S/C11H13BrN2/c1-9-4-7-14(8-5-9)11-10(12)3-2-6-13-11/h2-4,6H,5,7-8H2,1H3. The summed E-state index contributed by atoms with van der Waals surface area (Å²) in [6, 6.07) is 3.98. The molecule has 0 atom stereocenters. The molecule has 74 valence electrons. The highest BCUT2D eigenvalue weighted by Gasteiger charge is 2.13. The Balaban J connectivity index is 2.21. The first-order valence-corrected chi connectivity index (χ1v) is 5.58. The molecule has 2 nitrogen and oxygen atoms in total. The Morgan fingerprint density at radius 1 is 1.50 bits per heavy atom. The lowest BCUT2D eigenvalue weighted by Crippen LogP contribution is -2.29. The van der Waals surface area contributed by atoms with Gasteiger partial charge in [0, 0.05) is 19.3 Å². The number of aromatic nitrogens is 1. The van der Waals surface area contributed by atoms with E-state index in [1.54, 1.807) is 0 Å². The van der Waals surface area contributed by atoms with Crippen molar-refractivity contribution in [3.63, 3.8) is 0 Å². The second kappa shape index (κ2) is 4.13. The average molecular weight is 253 g/mol. The summed E-state index contributed by atoms with van der Waals surface area (Å²) in [5.41, 5.74) is 1.48. The monoisotopic (exact) mass is 252 g/mol. The fourth-order valence-corrected chi connectivity index (χ4v) is 2.08. The molecule has 0 spiro atoms. The lowest BCUT2D eigenvalue weighted by molar-refractivity contribution is 0.773. The van der Waals surface area contributed by atoms with Crippen molar-refractivity contribution in [2.75, 3.05) is 18.0 Å². The summed E-state index contributed by atoms with van der Waals surface area (Å²) >= 11 is 3.52. The van der Waals surface area contributed by atoms with Crippen LogP contribution in [0.25, 0.3) is 0 Å². The molecule has 0 saturated heterocycles. The number of hydrogen-bond donors (Lipinski definition) is 0. The number of nitrogens with zero attached hydrogens (tertiary/aromatic N) is 2. The second-order valence-electron chi connectivity index (χ2n) is 3.56. The van der Waals surface area contributed by atoms with Gasteiger partial charge in [-0.15, -0.1) is 0 Å². The zero-order valence-corrected chi connectivity index (χ0v) is 9.79. The Kier molecular flexibility index (Phi) is 2.87. The van der Waals surface area contributed by atoms with Crippen LogP contribution in [0.3, 0.4) is 0 Å². The van der Waals surface area contributed by atoms with Crippen LogP contribution in [0.2, 0.25) is 0 Å². The van der Waals surface area contributed by atoms with Crippen molar-refractivity contribution in [3.8, 4) is 0 Å². The summed E-state index contributed by atoms with van der Waals surface area (Å²) in [6.07, 6.45) is 5.25. The van der Waals surface area contributed by atoms with Crippen LogP contribution in [-0.4, -0.2) is 18.1 Å². The van der Waals surface area contributed by atoms with Crippen LogP contribution < -0.4 is 4.90 Å². The van der Waals surface area contributed by atoms with Crippen molar-refractivity contribution in [2.45, 2.75) is 13.3 Å². The molecule has 0 N–H and O–H groups in total. The Morgan fingerprint density at radius 2 is 2.36 bits per heavy atom. The number of pyridine rings is 1. The Morgan fingerprint density at radius 3 is 3.00 bits per heavy atom. The third kappa shape index (κ3) is 1.98. The molecule has 0 unspecified atom stereocenters. The molecule has 0 amide bonds. The summed E-state index contributed by atoms with van der Waals surface area (Å²) in [5.74, 6) is 1.05. The van der Waals surface area contributed by atoms with Crippen LogP contribution >= 0.6 is 15.9 Å². The molecule has 0 aliphatic carbocycles. The number of anilines is 1. The Bertz CT molecular complexity index is 360.